The standard InChI is InChI=1S/C12H10N6O/c1-18-10(19)7-14-9-6-15-12(17-11(9)18)16-8-3-2-4-13-5-8/h2-7H,1H3,(H,15,16,17). The zero-order chi connectivity index (χ0) is 13.2. The second kappa shape index (κ2) is 4.45. The maximum atomic E-state index is 11.5. The minimum Gasteiger partial charge on any atom is -0.323 e. The quantitative estimate of drug-likeness (QED) is 0.730. The molecule has 3 heterocycles. The van der Waals surface area contributed by atoms with E-state index in [-0.39, 0.29) is 5.56 Å². The molecule has 0 fully saturated rings. The van der Waals surface area contributed by atoms with Crippen molar-refractivity contribution in [3.05, 3.63) is 47.3 Å². The van der Waals surface area contributed by atoms with Gasteiger partial charge in [0.05, 0.1) is 24.3 Å². The third-order valence-electron chi connectivity index (χ3n) is 2.63. The highest BCUT2D eigenvalue weighted by Gasteiger charge is 2.05. The Morgan fingerprint density at radius 3 is 2.89 bits per heavy atom. The summed E-state index contributed by atoms with van der Waals surface area (Å²) in [6.07, 6.45) is 6.16. The van der Waals surface area contributed by atoms with Crippen LogP contribution in [0, 0.1) is 0 Å². The SMILES string of the molecule is Cn1c(=O)cnc2cnc(Nc3cccnc3)nc21. The predicted octanol–water partition coefficient (Wildman–Crippen LogP) is 0.862. The third kappa shape index (κ3) is 2.13. The highest BCUT2D eigenvalue weighted by atomic mass is 16.1. The van der Waals surface area contributed by atoms with Crippen molar-refractivity contribution in [2.45, 2.75) is 0 Å². The molecule has 0 aliphatic rings. The fourth-order valence-electron chi connectivity index (χ4n) is 1.65. The summed E-state index contributed by atoms with van der Waals surface area (Å²) in [5.41, 5.74) is 1.61. The number of nitrogens with one attached hydrogen (secondary N) is 1. The summed E-state index contributed by atoms with van der Waals surface area (Å²) in [5.74, 6) is 0.392. The number of aromatic nitrogens is 5. The molecule has 94 valence electrons. The molecule has 1 N–H and O–H groups in total. The lowest BCUT2D eigenvalue weighted by atomic mass is 10.4. The van der Waals surface area contributed by atoms with Crippen LogP contribution >= 0.6 is 0 Å². The molecule has 0 saturated carbocycles. The Labute approximate surface area is 108 Å². The Kier molecular flexibility index (Phi) is 2.64. The van der Waals surface area contributed by atoms with Gasteiger partial charge in [-0.2, -0.15) is 4.98 Å². The number of anilines is 2. The summed E-state index contributed by atoms with van der Waals surface area (Å²) in [4.78, 5) is 27.9. The maximum absolute atomic E-state index is 11.5. The van der Waals surface area contributed by atoms with Crippen LogP contribution in [0.2, 0.25) is 0 Å². The monoisotopic (exact) mass is 254 g/mol. The zero-order valence-corrected chi connectivity index (χ0v) is 10.1. The van der Waals surface area contributed by atoms with E-state index >= 15 is 0 Å². The minimum atomic E-state index is -0.210. The Morgan fingerprint density at radius 2 is 2.11 bits per heavy atom. The fourth-order valence-corrected chi connectivity index (χ4v) is 1.65. The van der Waals surface area contributed by atoms with Crippen LogP contribution in [0.25, 0.3) is 11.2 Å². The van der Waals surface area contributed by atoms with Gasteiger partial charge in [0.15, 0.2) is 5.65 Å². The van der Waals surface area contributed by atoms with Crippen molar-refractivity contribution in [2.24, 2.45) is 7.05 Å². The molecule has 0 aromatic carbocycles. The van der Waals surface area contributed by atoms with Gasteiger partial charge in [-0.25, -0.2) is 9.97 Å². The van der Waals surface area contributed by atoms with Crippen LogP contribution in [0.15, 0.2) is 41.7 Å². The molecule has 0 amide bonds. The number of hydrogen-bond acceptors (Lipinski definition) is 6. The van der Waals surface area contributed by atoms with Crippen molar-refractivity contribution >= 4 is 22.8 Å². The second-order valence-electron chi connectivity index (χ2n) is 3.92. The molecular weight excluding hydrogens is 244 g/mol. The van der Waals surface area contributed by atoms with Crippen LogP contribution in [0.5, 0.6) is 0 Å². The molecule has 0 bridgehead atoms. The van der Waals surface area contributed by atoms with Crippen LogP contribution in [-0.2, 0) is 7.05 Å². The van der Waals surface area contributed by atoms with Gasteiger partial charge in [0.2, 0.25) is 5.95 Å². The first-order chi connectivity index (χ1) is 9.24. The van der Waals surface area contributed by atoms with Crippen molar-refractivity contribution in [2.75, 3.05) is 5.32 Å². The Bertz CT molecular complexity index is 783. The number of nitrogens with zero attached hydrogens (tertiary/aromatic N) is 5. The van der Waals surface area contributed by atoms with Crippen molar-refractivity contribution in [3.8, 4) is 0 Å². The van der Waals surface area contributed by atoms with Gasteiger partial charge in [0.1, 0.15) is 5.52 Å². The van der Waals surface area contributed by atoms with Crippen molar-refractivity contribution in [1.29, 1.82) is 0 Å². The van der Waals surface area contributed by atoms with Crippen LogP contribution in [0.4, 0.5) is 11.6 Å². The molecule has 0 atom stereocenters. The van der Waals surface area contributed by atoms with E-state index in [0.717, 1.165) is 5.69 Å². The van der Waals surface area contributed by atoms with E-state index in [2.05, 4.69) is 25.3 Å². The molecule has 7 nitrogen and oxygen atoms in total. The van der Waals surface area contributed by atoms with E-state index in [9.17, 15) is 4.79 Å². The molecule has 0 aliphatic heterocycles. The van der Waals surface area contributed by atoms with Gasteiger partial charge in [0, 0.05) is 13.2 Å². The number of rotatable bonds is 2. The molecule has 3 aromatic heterocycles. The highest BCUT2D eigenvalue weighted by molar-refractivity contribution is 5.70. The average molecular weight is 254 g/mol. The normalized spacial score (nSPS) is 10.6. The van der Waals surface area contributed by atoms with Crippen molar-refractivity contribution < 1.29 is 0 Å². The molecule has 0 spiro atoms. The number of hydrogen-bond donors (Lipinski definition) is 1. The van der Waals surface area contributed by atoms with Crippen molar-refractivity contribution in [3.63, 3.8) is 0 Å². The van der Waals surface area contributed by atoms with Crippen LogP contribution in [0.3, 0.4) is 0 Å². The molecule has 7 heteroatoms. The highest BCUT2D eigenvalue weighted by Crippen LogP contribution is 2.12. The first kappa shape index (κ1) is 11.3. The summed E-state index contributed by atoms with van der Waals surface area (Å²) in [6, 6.07) is 3.66. The molecule has 3 aromatic rings. The molecule has 0 aliphatic carbocycles. The summed E-state index contributed by atoms with van der Waals surface area (Å²) in [7, 11) is 1.65. The summed E-state index contributed by atoms with van der Waals surface area (Å²) in [5, 5.41) is 3.01. The van der Waals surface area contributed by atoms with Crippen molar-refractivity contribution in [1.82, 2.24) is 24.5 Å². The van der Waals surface area contributed by atoms with Gasteiger partial charge < -0.3 is 5.32 Å². The number of pyridine rings is 1. The van der Waals surface area contributed by atoms with E-state index in [0.29, 0.717) is 17.1 Å². The maximum Gasteiger partial charge on any atom is 0.270 e. The van der Waals surface area contributed by atoms with Gasteiger partial charge in [-0.05, 0) is 12.1 Å². The first-order valence-corrected chi connectivity index (χ1v) is 5.60. The predicted molar refractivity (Wildman–Crippen MR) is 70.1 cm³/mol. The molecular formula is C12H10N6O. The van der Waals surface area contributed by atoms with E-state index in [4.69, 9.17) is 0 Å². The Hall–Kier alpha value is -2.83. The summed E-state index contributed by atoms with van der Waals surface area (Å²) in [6.45, 7) is 0. The lowest BCUT2D eigenvalue weighted by molar-refractivity contribution is 0.870. The largest absolute Gasteiger partial charge is 0.323 e. The van der Waals surface area contributed by atoms with Gasteiger partial charge in [-0.1, -0.05) is 0 Å². The summed E-state index contributed by atoms with van der Waals surface area (Å²) < 4.78 is 1.43. The number of aryl methyl sites for hydroxylation is 1. The molecule has 3 rings (SSSR count). The van der Waals surface area contributed by atoms with Gasteiger partial charge in [-0.3, -0.25) is 14.3 Å². The van der Waals surface area contributed by atoms with Crippen LogP contribution in [-0.4, -0.2) is 24.5 Å². The smallest absolute Gasteiger partial charge is 0.270 e. The van der Waals surface area contributed by atoms with Crippen LogP contribution in [0.1, 0.15) is 0 Å². The van der Waals surface area contributed by atoms with Gasteiger partial charge in [0.25, 0.3) is 5.56 Å². The van der Waals surface area contributed by atoms with Crippen LogP contribution < -0.4 is 10.9 Å². The lowest BCUT2D eigenvalue weighted by Crippen LogP contribution is -2.18. The zero-order valence-electron chi connectivity index (χ0n) is 10.1. The molecule has 0 unspecified atom stereocenters. The summed E-state index contributed by atoms with van der Waals surface area (Å²) >= 11 is 0. The fraction of sp³-hybridized carbons (Fsp3) is 0.0833. The van der Waals surface area contributed by atoms with Gasteiger partial charge >= 0.3 is 0 Å². The molecule has 0 radical (unpaired) electrons. The number of fused-ring (bicyclic) bond motifs is 1. The minimum absolute atomic E-state index is 0.210. The third-order valence-corrected chi connectivity index (χ3v) is 2.63. The van der Waals surface area contributed by atoms with E-state index in [1.807, 2.05) is 6.07 Å². The topological polar surface area (TPSA) is 85.6 Å². The molecule has 19 heavy (non-hydrogen) atoms. The van der Waals surface area contributed by atoms with E-state index in [1.54, 1.807) is 31.7 Å². The lowest BCUT2D eigenvalue weighted by Gasteiger charge is -2.06. The van der Waals surface area contributed by atoms with E-state index in [1.165, 1.54) is 10.8 Å². The molecule has 0 saturated heterocycles. The Morgan fingerprint density at radius 1 is 1.21 bits per heavy atom. The average Bonchev–Trinajstić information content (AvgIpc) is 2.45. The Balaban J connectivity index is 2.06. The van der Waals surface area contributed by atoms with Gasteiger partial charge in [-0.15, -0.1) is 0 Å². The van der Waals surface area contributed by atoms with E-state index < -0.39 is 0 Å². The first-order valence-electron chi connectivity index (χ1n) is 5.60. The second-order valence-corrected chi connectivity index (χ2v) is 3.92.